The molecule has 24 heavy (non-hydrogen) atoms. The second-order valence-electron chi connectivity index (χ2n) is 5.07. The SMILES string of the molecule is COCCOCCOCC[n+]1c(C)oc2cc(S(=O)(=O)[O-])ccc21. The third-order valence-corrected chi connectivity index (χ3v) is 4.24. The highest BCUT2D eigenvalue weighted by Crippen LogP contribution is 2.18. The molecular formula is C15H21NO7S. The van der Waals surface area contributed by atoms with Gasteiger partial charge in [0.25, 0.3) is 5.52 Å². The highest BCUT2D eigenvalue weighted by molar-refractivity contribution is 7.85. The second-order valence-corrected chi connectivity index (χ2v) is 6.45. The molecule has 0 spiro atoms. The van der Waals surface area contributed by atoms with Crippen LogP contribution in [0.3, 0.4) is 0 Å². The topological polar surface area (TPSA) is 102 Å². The summed E-state index contributed by atoms with van der Waals surface area (Å²) >= 11 is 0. The molecule has 1 aromatic carbocycles. The van der Waals surface area contributed by atoms with Crippen LogP contribution in [-0.4, -0.2) is 53.1 Å². The van der Waals surface area contributed by atoms with Crippen LogP contribution in [0.4, 0.5) is 0 Å². The molecule has 0 unspecified atom stereocenters. The van der Waals surface area contributed by atoms with Crippen LogP contribution in [0.5, 0.6) is 0 Å². The Morgan fingerprint density at radius 2 is 1.79 bits per heavy atom. The summed E-state index contributed by atoms with van der Waals surface area (Å²) in [5.74, 6) is 0.602. The van der Waals surface area contributed by atoms with Crippen molar-refractivity contribution in [2.24, 2.45) is 0 Å². The van der Waals surface area contributed by atoms with E-state index in [4.69, 9.17) is 18.6 Å². The van der Waals surface area contributed by atoms with Crippen molar-refractivity contribution in [1.82, 2.24) is 0 Å². The van der Waals surface area contributed by atoms with E-state index in [-0.39, 0.29) is 4.90 Å². The van der Waals surface area contributed by atoms with Gasteiger partial charge in [-0.1, -0.05) is 0 Å². The zero-order valence-electron chi connectivity index (χ0n) is 13.7. The fourth-order valence-corrected chi connectivity index (χ4v) is 2.72. The summed E-state index contributed by atoms with van der Waals surface area (Å²) in [5.41, 5.74) is 1.06. The van der Waals surface area contributed by atoms with Crippen LogP contribution in [0.15, 0.2) is 27.5 Å². The summed E-state index contributed by atoms with van der Waals surface area (Å²) in [6.45, 7) is 4.80. The van der Waals surface area contributed by atoms with Crippen LogP contribution in [0, 0.1) is 6.92 Å². The van der Waals surface area contributed by atoms with Gasteiger partial charge in [0.2, 0.25) is 5.58 Å². The van der Waals surface area contributed by atoms with Gasteiger partial charge in [0, 0.05) is 19.2 Å². The largest absolute Gasteiger partial charge is 0.744 e. The summed E-state index contributed by atoms with van der Waals surface area (Å²) in [4.78, 5) is -0.305. The number of fused-ring (bicyclic) bond motifs is 1. The molecule has 8 nitrogen and oxygen atoms in total. The van der Waals surface area contributed by atoms with Gasteiger partial charge in [-0.3, -0.25) is 0 Å². The lowest BCUT2D eigenvalue weighted by molar-refractivity contribution is -0.684. The van der Waals surface area contributed by atoms with E-state index in [0.29, 0.717) is 56.6 Å². The fourth-order valence-electron chi connectivity index (χ4n) is 2.24. The summed E-state index contributed by atoms with van der Waals surface area (Å²) in [7, 11) is -2.88. The lowest BCUT2D eigenvalue weighted by atomic mass is 10.3. The molecule has 0 saturated carbocycles. The molecule has 0 bridgehead atoms. The summed E-state index contributed by atoms with van der Waals surface area (Å²) in [5, 5.41) is 0. The van der Waals surface area contributed by atoms with E-state index in [1.807, 2.05) is 4.57 Å². The smallest absolute Gasteiger partial charge is 0.344 e. The Kier molecular flexibility index (Phi) is 6.69. The molecule has 9 heteroatoms. The first kappa shape index (κ1) is 18.8. The zero-order valence-corrected chi connectivity index (χ0v) is 14.5. The van der Waals surface area contributed by atoms with Crippen molar-refractivity contribution in [2.45, 2.75) is 18.4 Å². The van der Waals surface area contributed by atoms with Gasteiger partial charge in [-0.25, -0.2) is 8.42 Å². The quantitative estimate of drug-likeness (QED) is 0.348. The fraction of sp³-hybridized carbons (Fsp3) is 0.533. The Bertz CT molecular complexity index is 769. The van der Waals surface area contributed by atoms with E-state index in [2.05, 4.69) is 0 Å². The van der Waals surface area contributed by atoms with Crippen LogP contribution in [0.2, 0.25) is 0 Å². The number of ether oxygens (including phenoxy) is 3. The minimum atomic E-state index is -4.50. The average Bonchev–Trinajstić information content (AvgIpc) is 2.84. The minimum Gasteiger partial charge on any atom is -0.744 e. The molecule has 1 aromatic heterocycles. The Morgan fingerprint density at radius 1 is 1.12 bits per heavy atom. The predicted molar refractivity (Wildman–Crippen MR) is 82.6 cm³/mol. The van der Waals surface area contributed by atoms with E-state index < -0.39 is 10.1 Å². The van der Waals surface area contributed by atoms with E-state index in [1.54, 1.807) is 20.1 Å². The predicted octanol–water partition coefficient (Wildman–Crippen LogP) is 0.612. The van der Waals surface area contributed by atoms with Crippen molar-refractivity contribution in [3.63, 3.8) is 0 Å². The molecule has 0 amide bonds. The average molecular weight is 359 g/mol. The molecule has 0 fully saturated rings. The van der Waals surface area contributed by atoms with Gasteiger partial charge in [0.1, 0.15) is 16.7 Å². The monoisotopic (exact) mass is 359 g/mol. The molecule has 134 valence electrons. The molecule has 0 radical (unpaired) electrons. The van der Waals surface area contributed by atoms with Crippen molar-refractivity contribution in [2.75, 3.05) is 40.1 Å². The van der Waals surface area contributed by atoms with Gasteiger partial charge in [0.05, 0.1) is 38.2 Å². The van der Waals surface area contributed by atoms with Gasteiger partial charge in [0.15, 0.2) is 6.54 Å². The third-order valence-electron chi connectivity index (χ3n) is 3.41. The highest BCUT2D eigenvalue weighted by atomic mass is 32.2. The molecule has 0 aliphatic rings. The second kappa shape index (κ2) is 8.54. The maximum atomic E-state index is 11.1. The van der Waals surface area contributed by atoms with Gasteiger partial charge in [-0.15, -0.1) is 0 Å². The zero-order chi connectivity index (χ0) is 17.6. The van der Waals surface area contributed by atoms with Crippen LogP contribution in [0.1, 0.15) is 5.89 Å². The molecular weight excluding hydrogens is 338 g/mol. The van der Waals surface area contributed by atoms with Crippen LogP contribution < -0.4 is 4.57 Å². The van der Waals surface area contributed by atoms with Crippen LogP contribution in [0.25, 0.3) is 11.1 Å². The normalized spacial score (nSPS) is 12.1. The van der Waals surface area contributed by atoms with Crippen LogP contribution in [-0.2, 0) is 30.9 Å². The molecule has 1 heterocycles. The molecule has 2 rings (SSSR count). The lowest BCUT2D eigenvalue weighted by Gasteiger charge is -2.05. The number of oxazole rings is 1. The standard InChI is InChI=1S/C15H21NO7S/c1-12-16(5-6-21-9-10-22-8-7-20-2)14-4-3-13(24(17,18)19)11-15(14)23-12/h3-4,11H,5-10H2,1-2H3. The van der Waals surface area contributed by atoms with Crippen molar-refractivity contribution < 1.29 is 36.2 Å². The highest BCUT2D eigenvalue weighted by Gasteiger charge is 2.19. The number of nitrogens with zero attached hydrogens (tertiary/aromatic N) is 1. The van der Waals surface area contributed by atoms with E-state index >= 15 is 0 Å². The molecule has 0 saturated heterocycles. The molecule has 0 aliphatic carbocycles. The van der Waals surface area contributed by atoms with Gasteiger partial charge in [-0.05, 0) is 6.07 Å². The number of aromatic nitrogens is 1. The van der Waals surface area contributed by atoms with Crippen molar-refractivity contribution in [1.29, 1.82) is 0 Å². The minimum absolute atomic E-state index is 0.305. The molecule has 0 aliphatic heterocycles. The summed E-state index contributed by atoms with van der Waals surface area (Å²) in [6, 6.07) is 4.08. The number of aryl methyl sites for hydroxylation is 1. The van der Waals surface area contributed by atoms with E-state index in [0.717, 1.165) is 0 Å². The number of rotatable bonds is 10. The van der Waals surface area contributed by atoms with Crippen LogP contribution >= 0.6 is 0 Å². The van der Waals surface area contributed by atoms with Gasteiger partial charge < -0.3 is 23.2 Å². The van der Waals surface area contributed by atoms with Crippen molar-refractivity contribution in [3.8, 4) is 0 Å². The first-order valence-corrected chi connectivity index (χ1v) is 8.87. The molecule has 0 N–H and O–H groups in total. The lowest BCUT2D eigenvalue weighted by Crippen LogP contribution is -2.37. The summed E-state index contributed by atoms with van der Waals surface area (Å²) < 4.78 is 56.2. The Morgan fingerprint density at radius 3 is 2.46 bits per heavy atom. The van der Waals surface area contributed by atoms with E-state index in [1.165, 1.54) is 12.1 Å². The Balaban J connectivity index is 1.91. The third kappa shape index (κ3) is 4.99. The molecule has 2 aromatic rings. The number of benzene rings is 1. The Hall–Kier alpha value is -1.52. The molecule has 0 atom stereocenters. The van der Waals surface area contributed by atoms with Crippen molar-refractivity contribution >= 4 is 21.2 Å². The maximum Gasteiger partial charge on any atom is 0.344 e. The first-order valence-electron chi connectivity index (χ1n) is 7.47. The number of hydrogen-bond donors (Lipinski definition) is 0. The number of methoxy groups -OCH3 is 1. The van der Waals surface area contributed by atoms with Gasteiger partial charge in [-0.2, -0.15) is 4.57 Å². The maximum absolute atomic E-state index is 11.1. The summed E-state index contributed by atoms with van der Waals surface area (Å²) in [6.07, 6.45) is 0. The van der Waals surface area contributed by atoms with Gasteiger partial charge >= 0.3 is 5.89 Å². The first-order chi connectivity index (χ1) is 11.4. The number of hydrogen-bond acceptors (Lipinski definition) is 7. The van der Waals surface area contributed by atoms with Crippen molar-refractivity contribution in [3.05, 3.63) is 24.1 Å². The van der Waals surface area contributed by atoms with E-state index in [9.17, 15) is 13.0 Å². The Labute approximate surface area is 140 Å².